The molecule has 0 heterocycles. The molecule has 2 rings (SSSR count). The van der Waals surface area contributed by atoms with Gasteiger partial charge in [-0.15, -0.1) is 13.3 Å². The van der Waals surface area contributed by atoms with Gasteiger partial charge in [0.1, 0.15) is 0 Å². The summed E-state index contributed by atoms with van der Waals surface area (Å²) in [5, 5.41) is 0. The van der Waals surface area contributed by atoms with Crippen LogP contribution in [0.25, 0.3) is 0 Å². The van der Waals surface area contributed by atoms with Crippen molar-refractivity contribution in [3.63, 3.8) is 0 Å². The third kappa shape index (κ3) is 4.36. The summed E-state index contributed by atoms with van der Waals surface area (Å²) >= 11 is 0. The van der Waals surface area contributed by atoms with Gasteiger partial charge in [0.2, 0.25) is 0 Å². The van der Waals surface area contributed by atoms with E-state index in [-0.39, 0.29) is 24.6 Å². The fraction of sp³-hybridized carbons (Fsp3) is 0.429. The second-order valence-corrected chi connectivity index (χ2v) is 3.80. The first-order valence-electron chi connectivity index (χ1n) is 5.12. The molecule has 82 valence electrons. The fourth-order valence-corrected chi connectivity index (χ4v) is 1.50. The Labute approximate surface area is 112 Å². The van der Waals surface area contributed by atoms with Crippen LogP contribution in [0.4, 0.5) is 0 Å². The third-order valence-electron chi connectivity index (χ3n) is 2.82. The molecule has 15 heavy (non-hydrogen) atoms. The minimum absolute atomic E-state index is 0. The molecule has 0 fully saturated rings. The topological polar surface area (TPSA) is 0 Å². The van der Waals surface area contributed by atoms with Gasteiger partial charge in [-0.05, 0) is 0 Å². The molecule has 0 N–H and O–H groups in total. The molecule has 2 aliphatic carbocycles. The van der Waals surface area contributed by atoms with Gasteiger partial charge in [0, 0.05) is 0 Å². The maximum absolute atomic E-state index is 3.36. The van der Waals surface area contributed by atoms with Crippen LogP contribution in [-0.4, -0.2) is 0 Å². The Hall–Kier alpha value is -0.326. The van der Waals surface area contributed by atoms with Gasteiger partial charge in [0.15, 0.2) is 0 Å². The average Bonchev–Trinajstić information content (AvgIpc) is 2.78. The predicted molar refractivity (Wildman–Crippen MR) is 63.8 cm³/mol. The van der Waals surface area contributed by atoms with Gasteiger partial charge in [-0.1, -0.05) is 26.7 Å². The quantitative estimate of drug-likeness (QED) is 0.435. The molecule has 0 aromatic heterocycles. The van der Waals surface area contributed by atoms with E-state index in [1.165, 1.54) is 16.7 Å². The van der Waals surface area contributed by atoms with Crippen molar-refractivity contribution < 1.29 is 24.6 Å². The van der Waals surface area contributed by atoms with Crippen LogP contribution in [0.3, 0.4) is 0 Å². The molecule has 0 aromatic rings. The molecule has 0 saturated heterocycles. The first-order chi connectivity index (χ1) is 6.63. The van der Waals surface area contributed by atoms with Crippen LogP contribution in [0.1, 0.15) is 37.0 Å². The van der Waals surface area contributed by atoms with Crippen LogP contribution in [0.5, 0.6) is 0 Å². The summed E-state index contributed by atoms with van der Waals surface area (Å²) in [5.74, 6) is 0.560. The summed E-state index contributed by atoms with van der Waals surface area (Å²) in [4.78, 5) is 0. The summed E-state index contributed by atoms with van der Waals surface area (Å²) in [6, 6.07) is 0. The Morgan fingerprint density at radius 1 is 1.33 bits per heavy atom. The van der Waals surface area contributed by atoms with Crippen molar-refractivity contribution in [3.05, 3.63) is 47.1 Å². The number of rotatable bonds is 0. The normalized spacial score (nSPS) is 22.1. The summed E-state index contributed by atoms with van der Waals surface area (Å²) in [6.07, 6.45) is 13.4. The van der Waals surface area contributed by atoms with Crippen LogP contribution >= 0.6 is 0 Å². The van der Waals surface area contributed by atoms with Gasteiger partial charge in [-0.3, -0.25) is 12.2 Å². The number of hydrogen-bond acceptors (Lipinski definition) is 0. The Morgan fingerprint density at radius 3 is 2.13 bits per heavy atom. The van der Waals surface area contributed by atoms with Crippen LogP contribution in [0, 0.1) is 18.1 Å². The van der Waals surface area contributed by atoms with Gasteiger partial charge in [-0.25, -0.2) is 17.7 Å². The second-order valence-electron chi connectivity index (χ2n) is 3.80. The molecule has 0 saturated carbocycles. The molecular formula is C14H20Ti-2. The third-order valence-corrected chi connectivity index (χ3v) is 2.82. The van der Waals surface area contributed by atoms with Crippen LogP contribution in [0.2, 0.25) is 0 Å². The fourth-order valence-electron chi connectivity index (χ4n) is 1.50. The van der Waals surface area contributed by atoms with Gasteiger partial charge < -0.3 is 2.85 Å². The van der Waals surface area contributed by atoms with Crippen molar-refractivity contribution in [1.82, 2.24) is 0 Å². The molecule has 0 aromatic carbocycles. The van der Waals surface area contributed by atoms with E-state index in [1.807, 2.05) is 12.2 Å². The molecule has 1 heteroatoms. The maximum atomic E-state index is 3.36. The Kier molecular flexibility index (Phi) is 6.88. The summed E-state index contributed by atoms with van der Waals surface area (Å²) in [6.45, 7) is 8.67. The number of hydrogen-bond donors (Lipinski definition) is 0. The Morgan fingerprint density at radius 2 is 2.00 bits per heavy atom. The van der Waals surface area contributed by atoms with Crippen molar-refractivity contribution in [2.24, 2.45) is 5.92 Å². The van der Waals surface area contributed by atoms with Crippen molar-refractivity contribution in [3.8, 4) is 0 Å². The van der Waals surface area contributed by atoms with Gasteiger partial charge >= 0.3 is 21.7 Å². The molecule has 0 amide bonds. The smallest absolute Gasteiger partial charge is 1.00 e. The molecule has 0 radical (unpaired) electrons. The zero-order valence-electron chi connectivity index (χ0n) is 12.0. The van der Waals surface area contributed by atoms with Gasteiger partial charge in [0.05, 0.1) is 0 Å². The minimum atomic E-state index is 0. The number of allylic oxidation sites excluding steroid dienone is 8. The molecule has 0 spiro atoms. The summed E-state index contributed by atoms with van der Waals surface area (Å²) in [5.41, 5.74) is 4.25. The van der Waals surface area contributed by atoms with E-state index < -0.39 is 0 Å². The van der Waals surface area contributed by atoms with E-state index in [0.29, 0.717) is 5.92 Å². The van der Waals surface area contributed by atoms with E-state index >= 15 is 0 Å². The van der Waals surface area contributed by atoms with Crippen LogP contribution in [0.15, 0.2) is 34.9 Å². The first kappa shape index (κ1) is 14.7. The average molecular weight is 236 g/mol. The van der Waals surface area contributed by atoms with Crippen molar-refractivity contribution in [2.45, 2.75) is 34.1 Å². The predicted octanol–water partition coefficient (Wildman–Crippen LogP) is 4.25. The van der Waals surface area contributed by atoms with E-state index in [4.69, 9.17) is 0 Å². The van der Waals surface area contributed by atoms with E-state index in [1.54, 1.807) is 0 Å². The van der Waals surface area contributed by atoms with E-state index in [2.05, 4.69) is 45.9 Å². The van der Waals surface area contributed by atoms with Crippen LogP contribution < -0.4 is 0 Å². The zero-order chi connectivity index (χ0) is 10.6. The SMILES string of the molecule is CC1=[C-]C(C)C(C)=C1C.[C-]1=CC=CC1.[H-].[H-].[Ti+2]. The molecule has 0 aliphatic heterocycles. The molecule has 0 nitrogen and oxygen atoms in total. The Bertz CT molecular complexity index is 315. The molecule has 2 aliphatic rings. The van der Waals surface area contributed by atoms with E-state index in [9.17, 15) is 0 Å². The van der Waals surface area contributed by atoms with Crippen molar-refractivity contribution in [2.75, 3.05) is 0 Å². The molecular weight excluding hydrogens is 216 g/mol. The van der Waals surface area contributed by atoms with Crippen molar-refractivity contribution >= 4 is 0 Å². The zero-order valence-corrected chi connectivity index (χ0v) is 11.6. The minimum Gasteiger partial charge on any atom is -1.00 e. The molecule has 1 atom stereocenters. The second kappa shape index (κ2) is 7.03. The van der Waals surface area contributed by atoms with E-state index in [0.717, 1.165) is 6.42 Å². The van der Waals surface area contributed by atoms with Gasteiger partial charge in [0.25, 0.3) is 0 Å². The van der Waals surface area contributed by atoms with Crippen molar-refractivity contribution in [1.29, 1.82) is 0 Å². The summed E-state index contributed by atoms with van der Waals surface area (Å²) < 4.78 is 0. The molecule has 1 unspecified atom stereocenters. The Balaban J connectivity index is -0.000000216. The van der Waals surface area contributed by atoms with Gasteiger partial charge in [-0.2, -0.15) is 17.2 Å². The maximum Gasteiger partial charge on any atom is 2.00 e. The monoisotopic (exact) mass is 236 g/mol. The largest absolute Gasteiger partial charge is 2.00 e. The van der Waals surface area contributed by atoms with Crippen LogP contribution in [-0.2, 0) is 21.7 Å². The first-order valence-corrected chi connectivity index (χ1v) is 5.12. The summed E-state index contributed by atoms with van der Waals surface area (Å²) in [7, 11) is 0. The standard InChI is InChI=1S/C9H13.C5H5.Ti.2H/c1-6-5-7(2)9(4)8(6)3;1-2-4-5-3-1;;;/h6H,1-4H3;1-3H,4H2;;;/q2*-1;+2;2*-1. The molecule has 0 bridgehead atoms.